The lowest BCUT2D eigenvalue weighted by molar-refractivity contribution is -0.604. The highest BCUT2D eigenvalue weighted by atomic mass is 19.1. The van der Waals surface area contributed by atoms with E-state index in [1.54, 1.807) is 18.2 Å². The molecule has 0 fully saturated rings. The molecular weight excluding hydrogens is 271 g/mol. The quantitative estimate of drug-likeness (QED) is 0.679. The summed E-state index contributed by atoms with van der Waals surface area (Å²) >= 11 is 0. The molecule has 21 heavy (non-hydrogen) atoms. The van der Waals surface area contributed by atoms with Crippen molar-refractivity contribution >= 4 is 11.6 Å². The van der Waals surface area contributed by atoms with E-state index < -0.39 is 0 Å². The number of hydrogen-bond acceptors (Lipinski definition) is 2. The van der Waals surface area contributed by atoms with Crippen molar-refractivity contribution in [3.8, 4) is 0 Å². The van der Waals surface area contributed by atoms with E-state index in [2.05, 4.69) is 5.32 Å². The fourth-order valence-corrected chi connectivity index (χ4v) is 2.20. The Labute approximate surface area is 122 Å². The van der Waals surface area contributed by atoms with Crippen LogP contribution in [0.4, 0.5) is 10.1 Å². The van der Waals surface area contributed by atoms with Gasteiger partial charge in [-0.3, -0.25) is 4.79 Å². The summed E-state index contributed by atoms with van der Waals surface area (Å²) in [5.41, 5.74) is 1.34. The zero-order valence-corrected chi connectivity index (χ0v) is 11.8. The second kappa shape index (κ2) is 6.83. The molecule has 4 nitrogen and oxygen atoms in total. The Morgan fingerprint density at radius 2 is 2.19 bits per heavy atom. The fourth-order valence-electron chi connectivity index (χ4n) is 2.20. The van der Waals surface area contributed by atoms with E-state index in [9.17, 15) is 14.4 Å². The summed E-state index contributed by atoms with van der Waals surface area (Å²) in [6, 6.07) is 9.60. The zero-order valence-electron chi connectivity index (χ0n) is 11.8. The number of nitrogens with zero attached hydrogens (tertiary/aromatic N) is 1. The first kappa shape index (κ1) is 15.0. The SMILES string of the molecule is CC(CC(=O)Nc1ccc[n+]([O-])c1)Cc1cccc(F)c1. The van der Waals surface area contributed by atoms with Gasteiger partial charge in [0.1, 0.15) is 11.5 Å². The number of rotatable bonds is 5. The average molecular weight is 288 g/mol. The van der Waals surface area contributed by atoms with Crippen LogP contribution in [0.15, 0.2) is 48.8 Å². The molecule has 0 aliphatic rings. The van der Waals surface area contributed by atoms with Gasteiger partial charge in [0.2, 0.25) is 12.1 Å². The van der Waals surface area contributed by atoms with E-state index in [0.29, 0.717) is 23.3 Å². The number of halogens is 1. The van der Waals surface area contributed by atoms with Gasteiger partial charge in [0.25, 0.3) is 0 Å². The predicted molar refractivity (Wildman–Crippen MR) is 77.9 cm³/mol. The molecule has 0 aliphatic carbocycles. The minimum Gasteiger partial charge on any atom is -0.619 e. The zero-order chi connectivity index (χ0) is 15.2. The minimum absolute atomic E-state index is 0.0786. The summed E-state index contributed by atoms with van der Waals surface area (Å²) in [6.45, 7) is 1.93. The van der Waals surface area contributed by atoms with Crippen LogP contribution in [-0.4, -0.2) is 5.91 Å². The van der Waals surface area contributed by atoms with Crippen LogP contribution >= 0.6 is 0 Å². The Hall–Kier alpha value is -2.43. The maximum absolute atomic E-state index is 13.1. The van der Waals surface area contributed by atoms with Crippen molar-refractivity contribution in [1.82, 2.24) is 0 Å². The van der Waals surface area contributed by atoms with Crippen LogP contribution in [0.25, 0.3) is 0 Å². The molecule has 1 atom stereocenters. The van der Waals surface area contributed by atoms with Gasteiger partial charge in [-0.2, -0.15) is 4.73 Å². The summed E-state index contributed by atoms with van der Waals surface area (Å²) in [4.78, 5) is 11.9. The molecular formula is C16H17FN2O2. The second-order valence-corrected chi connectivity index (χ2v) is 5.14. The van der Waals surface area contributed by atoms with Gasteiger partial charge in [-0.15, -0.1) is 0 Å². The van der Waals surface area contributed by atoms with Crippen molar-refractivity contribution in [3.05, 3.63) is 65.4 Å². The molecule has 0 aliphatic heterocycles. The summed E-state index contributed by atoms with van der Waals surface area (Å²) in [6.07, 6.45) is 3.59. The smallest absolute Gasteiger partial charge is 0.224 e. The van der Waals surface area contributed by atoms with Crippen molar-refractivity contribution in [2.75, 3.05) is 5.32 Å². The normalized spacial score (nSPS) is 11.9. The van der Waals surface area contributed by atoms with Crippen LogP contribution < -0.4 is 10.0 Å². The van der Waals surface area contributed by atoms with Gasteiger partial charge in [0, 0.05) is 12.5 Å². The van der Waals surface area contributed by atoms with E-state index >= 15 is 0 Å². The van der Waals surface area contributed by atoms with E-state index in [1.165, 1.54) is 24.5 Å². The van der Waals surface area contributed by atoms with Gasteiger partial charge >= 0.3 is 0 Å². The summed E-state index contributed by atoms with van der Waals surface area (Å²) in [5, 5.41) is 13.8. The molecule has 0 saturated heterocycles. The summed E-state index contributed by atoms with van der Waals surface area (Å²) in [5.74, 6) is -0.353. The van der Waals surface area contributed by atoms with Crippen LogP contribution in [-0.2, 0) is 11.2 Å². The Balaban J connectivity index is 1.87. The Morgan fingerprint density at radius 1 is 1.38 bits per heavy atom. The Morgan fingerprint density at radius 3 is 2.90 bits per heavy atom. The molecule has 1 unspecified atom stereocenters. The van der Waals surface area contributed by atoms with Gasteiger partial charge in [0.05, 0.1) is 0 Å². The first-order valence-electron chi connectivity index (χ1n) is 6.76. The van der Waals surface area contributed by atoms with E-state index in [-0.39, 0.29) is 17.6 Å². The van der Waals surface area contributed by atoms with E-state index in [1.807, 2.05) is 13.0 Å². The molecule has 0 radical (unpaired) electrons. The lowest BCUT2D eigenvalue weighted by Crippen LogP contribution is -2.26. The monoisotopic (exact) mass is 288 g/mol. The highest BCUT2D eigenvalue weighted by Crippen LogP contribution is 2.14. The van der Waals surface area contributed by atoms with Gasteiger partial charge in [-0.1, -0.05) is 19.1 Å². The number of nitrogens with one attached hydrogen (secondary N) is 1. The third-order valence-electron chi connectivity index (χ3n) is 3.07. The third kappa shape index (κ3) is 4.87. The van der Waals surface area contributed by atoms with Crippen molar-refractivity contribution in [2.24, 2.45) is 5.92 Å². The highest BCUT2D eigenvalue weighted by molar-refractivity contribution is 5.90. The maximum atomic E-state index is 13.1. The van der Waals surface area contributed by atoms with Gasteiger partial charge in [-0.05, 0) is 36.1 Å². The van der Waals surface area contributed by atoms with Crippen molar-refractivity contribution in [2.45, 2.75) is 19.8 Å². The molecule has 1 aromatic heterocycles. The molecule has 1 N–H and O–H groups in total. The molecule has 1 amide bonds. The molecule has 2 rings (SSSR count). The number of carbonyl (C=O) groups is 1. The topological polar surface area (TPSA) is 56.0 Å². The standard InChI is InChI=1S/C16H17FN2O2/c1-12(8-13-4-2-5-14(17)10-13)9-16(20)18-15-6-3-7-19(21)11-15/h2-7,10-12H,8-9H2,1H3,(H,18,20). The lowest BCUT2D eigenvalue weighted by Gasteiger charge is -2.11. The van der Waals surface area contributed by atoms with Crippen molar-refractivity contribution < 1.29 is 13.9 Å². The molecule has 1 heterocycles. The molecule has 2 aromatic rings. The van der Waals surface area contributed by atoms with Crippen LogP contribution in [0, 0.1) is 16.9 Å². The number of anilines is 1. The van der Waals surface area contributed by atoms with E-state index in [4.69, 9.17) is 0 Å². The highest BCUT2D eigenvalue weighted by Gasteiger charge is 2.11. The first-order chi connectivity index (χ1) is 10.0. The maximum Gasteiger partial charge on any atom is 0.224 e. The number of benzene rings is 1. The summed E-state index contributed by atoms with van der Waals surface area (Å²) in [7, 11) is 0. The van der Waals surface area contributed by atoms with Crippen LogP contribution in [0.3, 0.4) is 0 Å². The molecule has 0 saturated carbocycles. The van der Waals surface area contributed by atoms with Crippen LogP contribution in [0.1, 0.15) is 18.9 Å². The molecule has 110 valence electrons. The minimum atomic E-state index is -0.270. The van der Waals surface area contributed by atoms with Gasteiger partial charge < -0.3 is 10.5 Å². The molecule has 1 aromatic carbocycles. The summed E-state index contributed by atoms with van der Waals surface area (Å²) < 4.78 is 13.7. The van der Waals surface area contributed by atoms with Crippen LogP contribution in [0.5, 0.6) is 0 Å². The number of amides is 1. The lowest BCUT2D eigenvalue weighted by atomic mass is 9.98. The Bertz CT molecular complexity index is 631. The number of hydrogen-bond donors (Lipinski definition) is 1. The van der Waals surface area contributed by atoms with E-state index in [0.717, 1.165) is 5.56 Å². The molecule has 5 heteroatoms. The predicted octanol–water partition coefficient (Wildman–Crippen LogP) is 2.67. The fraction of sp³-hybridized carbons (Fsp3) is 0.250. The van der Waals surface area contributed by atoms with Crippen molar-refractivity contribution in [3.63, 3.8) is 0 Å². The molecule has 0 spiro atoms. The molecule has 0 bridgehead atoms. The number of carbonyl (C=O) groups excluding carboxylic acids is 1. The largest absolute Gasteiger partial charge is 0.619 e. The second-order valence-electron chi connectivity index (χ2n) is 5.14. The first-order valence-corrected chi connectivity index (χ1v) is 6.76. The van der Waals surface area contributed by atoms with Gasteiger partial charge in [-0.25, -0.2) is 4.39 Å². The van der Waals surface area contributed by atoms with Crippen molar-refractivity contribution in [1.29, 1.82) is 0 Å². The van der Waals surface area contributed by atoms with Gasteiger partial charge in [0.15, 0.2) is 6.20 Å². The Kier molecular flexibility index (Phi) is 4.87. The average Bonchev–Trinajstić information content (AvgIpc) is 2.38. The number of pyridine rings is 1. The number of aromatic nitrogens is 1. The van der Waals surface area contributed by atoms with Crippen LogP contribution in [0.2, 0.25) is 0 Å². The third-order valence-corrected chi connectivity index (χ3v) is 3.07.